The van der Waals surface area contributed by atoms with E-state index >= 15 is 0 Å². The molecule has 0 bridgehead atoms. The van der Waals surface area contributed by atoms with E-state index < -0.39 is 5.97 Å². The third-order valence-corrected chi connectivity index (χ3v) is 4.67. The number of benzene rings is 2. The van der Waals surface area contributed by atoms with Gasteiger partial charge in [0.15, 0.2) is 0 Å². The summed E-state index contributed by atoms with van der Waals surface area (Å²) in [6.07, 6.45) is 2.04. The molecule has 0 fully saturated rings. The second-order valence-electron chi connectivity index (χ2n) is 6.64. The van der Waals surface area contributed by atoms with E-state index in [1.54, 1.807) is 12.1 Å². The molecule has 1 aliphatic rings. The molecule has 7 heteroatoms. The summed E-state index contributed by atoms with van der Waals surface area (Å²) < 4.78 is 18.7. The van der Waals surface area contributed by atoms with Gasteiger partial charge < -0.3 is 19.5 Å². The summed E-state index contributed by atoms with van der Waals surface area (Å²) in [7, 11) is 0. The van der Waals surface area contributed by atoms with Gasteiger partial charge in [-0.2, -0.15) is 4.98 Å². The lowest BCUT2D eigenvalue weighted by molar-refractivity contribution is -0.255. The van der Waals surface area contributed by atoms with E-state index in [9.17, 15) is 14.3 Å². The van der Waals surface area contributed by atoms with Crippen molar-refractivity contribution in [2.45, 2.75) is 26.0 Å². The second-order valence-corrected chi connectivity index (χ2v) is 6.64. The average molecular weight is 378 g/mol. The zero-order valence-electron chi connectivity index (χ0n) is 15.1. The second kappa shape index (κ2) is 7.26. The number of carboxylic acids is 1. The van der Waals surface area contributed by atoms with E-state index in [0.717, 1.165) is 12.1 Å². The standard InChI is InChI=1S/C21H18FN3O3/c1-13-10-15-4-2-3-5-18(15)25(13)21-23-11-17(20(26)27)19(24-21)28-12-14-6-8-16(22)9-7-14/h2-9,11,13H,10,12H2,1H3,(H,26,27)/p-1. The molecule has 1 atom stereocenters. The molecule has 0 saturated carbocycles. The molecule has 1 aromatic heterocycles. The van der Waals surface area contributed by atoms with Gasteiger partial charge in [0.2, 0.25) is 11.8 Å². The van der Waals surface area contributed by atoms with E-state index in [2.05, 4.69) is 16.9 Å². The highest BCUT2D eigenvalue weighted by molar-refractivity contribution is 5.88. The summed E-state index contributed by atoms with van der Waals surface area (Å²) in [6.45, 7) is 2.10. The van der Waals surface area contributed by atoms with Crippen LogP contribution in [0.4, 0.5) is 16.0 Å². The highest BCUT2D eigenvalue weighted by Crippen LogP contribution is 2.37. The largest absolute Gasteiger partial charge is 0.545 e. The first kappa shape index (κ1) is 17.9. The predicted octanol–water partition coefficient (Wildman–Crippen LogP) is 2.64. The van der Waals surface area contributed by atoms with Crippen molar-refractivity contribution in [1.82, 2.24) is 9.97 Å². The van der Waals surface area contributed by atoms with Gasteiger partial charge in [-0.15, -0.1) is 0 Å². The van der Waals surface area contributed by atoms with Gasteiger partial charge in [-0.05, 0) is 42.7 Å². The fraction of sp³-hybridized carbons (Fsp3) is 0.190. The Bertz CT molecular complexity index is 1020. The molecule has 28 heavy (non-hydrogen) atoms. The molecule has 4 rings (SSSR count). The number of nitrogens with zero attached hydrogens (tertiary/aromatic N) is 3. The number of anilines is 2. The number of rotatable bonds is 5. The number of carbonyl (C=O) groups is 1. The third-order valence-electron chi connectivity index (χ3n) is 4.67. The van der Waals surface area contributed by atoms with Crippen molar-refractivity contribution in [2.24, 2.45) is 0 Å². The summed E-state index contributed by atoms with van der Waals surface area (Å²) in [5, 5.41) is 11.4. The molecule has 0 spiro atoms. The Morgan fingerprint density at radius 1 is 1.25 bits per heavy atom. The van der Waals surface area contributed by atoms with Gasteiger partial charge in [0.25, 0.3) is 0 Å². The van der Waals surface area contributed by atoms with Crippen molar-refractivity contribution in [3.05, 3.63) is 77.2 Å². The molecule has 2 aromatic carbocycles. The number of para-hydroxylation sites is 1. The summed E-state index contributed by atoms with van der Waals surface area (Å²) in [4.78, 5) is 22.0. The van der Waals surface area contributed by atoms with E-state index in [4.69, 9.17) is 4.74 Å². The number of halogens is 1. The van der Waals surface area contributed by atoms with E-state index in [-0.39, 0.29) is 29.9 Å². The molecule has 1 unspecified atom stereocenters. The van der Waals surface area contributed by atoms with Crippen molar-refractivity contribution in [3.8, 4) is 5.88 Å². The van der Waals surface area contributed by atoms with Crippen molar-refractivity contribution in [3.63, 3.8) is 0 Å². The predicted molar refractivity (Wildman–Crippen MR) is 98.8 cm³/mol. The molecule has 2 heterocycles. The highest BCUT2D eigenvalue weighted by Gasteiger charge is 2.29. The number of hydrogen-bond donors (Lipinski definition) is 0. The zero-order chi connectivity index (χ0) is 19.7. The van der Waals surface area contributed by atoms with Crippen LogP contribution in [0.15, 0.2) is 54.7 Å². The van der Waals surface area contributed by atoms with Crippen molar-refractivity contribution in [2.75, 3.05) is 4.90 Å². The third kappa shape index (κ3) is 3.38. The molecule has 0 aliphatic carbocycles. The molecular formula is C21H17FN3O3-. The quantitative estimate of drug-likeness (QED) is 0.679. The number of hydrogen-bond acceptors (Lipinski definition) is 6. The lowest BCUT2D eigenvalue weighted by Crippen LogP contribution is -2.28. The molecule has 0 amide bonds. The van der Waals surface area contributed by atoms with Crippen LogP contribution in [0, 0.1) is 5.82 Å². The molecule has 0 N–H and O–H groups in total. The SMILES string of the molecule is CC1Cc2ccccc2N1c1ncc(C(=O)[O-])c(OCc2ccc(F)cc2)n1. The van der Waals surface area contributed by atoms with Gasteiger partial charge in [0.1, 0.15) is 12.4 Å². The van der Waals surface area contributed by atoms with Crippen LogP contribution < -0.4 is 14.7 Å². The smallest absolute Gasteiger partial charge is 0.233 e. The average Bonchev–Trinajstić information content (AvgIpc) is 3.03. The molecule has 6 nitrogen and oxygen atoms in total. The number of carbonyl (C=O) groups excluding carboxylic acids is 1. The maximum absolute atomic E-state index is 13.1. The molecular weight excluding hydrogens is 361 g/mol. The first-order valence-corrected chi connectivity index (χ1v) is 8.85. The Morgan fingerprint density at radius 2 is 2.00 bits per heavy atom. The van der Waals surface area contributed by atoms with E-state index in [1.807, 2.05) is 29.2 Å². The number of carboxylic acid groups (broad SMARTS) is 1. The monoisotopic (exact) mass is 378 g/mol. The summed E-state index contributed by atoms with van der Waals surface area (Å²) in [5.41, 5.74) is 2.62. The normalized spacial score (nSPS) is 15.4. The fourth-order valence-corrected chi connectivity index (χ4v) is 3.33. The lowest BCUT2D eigenvalue weighted by Gasteiger charge is -2.23. The Hall–Kier alpha value is -3.48. The van der Waals surface area contributed by atoms with Crippen LogP contribution >= 0.6 is 0 Å². The van der Waals surface area contributed by atoms with Crippen LogP contribution in [0.2, 0.25) is 0 Å². The number of fused-ring (bicyclic) bond motifs is 1. The van der Waals surface area contributed by atoms with Gasteiger partial charge in [-0.25, -0.2) is 9.37 Å². The van der Waals surface area contributed by atoms with Gasteiger partial charge in [0.05, 0.1) is 11.5 Å². The van der Waals surface area contributed by atoms with Crippen molar-refractivity contribution < 1.29 is 19.0 Å². The molecule has 1 aliphatic heterocycles. The van der Waals surface area contributed by atoms with Gasteiger partial charge in [-0.1, -0.05) is 30.3 Å². The summed E-state index contributed by atoms with van der Waals surface area (Å²) >= 11 is 0. The topological polar surface area (TPSA) is 78.4 Å². The lowest BCUT2D eigenvalue weighted by atomic mass is 10.1. The first-order chi connectivity index (χ1) is 13.5. The fourth-order valence-electron chi connectivity index (χ4n) is 3.33. The Labute approximate surface area is 161 Å². The van der Waals surface area contributed by atoms with Gasteiger partial charge in [0, 0.05) is 17.9 Å². The van der Waals surface area contributed by atoms with E-state index in [1.165, 1.54) is 23.9 Å². The Balaban J connectivity index is 1.66. The molecule has 3 aromatic rings. The van der Waals surface area contributed by atoms with Gasteiger partial charge in [-0.3, -0.25) is 0 Å². The Kier molecular flexibility index (Phi) is 4.65. The van der Waals surface area contributed by atoms with Crippen molar-refractivity contribution in [1.29, 1.82) is 0 Å². The maximum Gasteiger partial charge on any atom is 0.233 e. The summed E-state index contributed by atoms with van der Waals surface area (Å²) in [5.74, 6) is -1.50. The van der Waals surface area contributed by atoms with Crippen LogP contribution in [0.3, 0.4) is 0 Å². The molecule has 0 radical (unpaired) electrons. The van der Waals surface area contributed by atoms with Crippen LogP contribution in [0.1, 0.15) is 28.4 Å². The van der Waals surface area contributed by atoms with Crippen LogP contribution in [0.25, 0.3) is 0 Å². The molecule has 142 valence electrons. The first-order valence-electron chi connectivity index (χ1n) is 8.85. The summed E-state index contributed by atoms with van der Waals surface area (Å²) in [6, 6.07) is 13.8. The number of ether oxygens (including phenoxy) is 1. The minimum atomic E-state index is -1.42. The highest BCUT2D eigenvalue weighted by atomic mass is 19.1. The van der Waals surface area contributed by atoms with Crippen molar-refractivity contribution >= 4 is 17.6 Å². The van der Waals surface area contributed by atoms with E-state index in [0.29, 0.717) is 11.5 Å². The minimum Gasteiger partial charge on any atom is -0.545 e. The zero-order valence-corrected chi connectivity index (χ0v) is 15.1. The van der Waals surface area contributed by atoms with Crippen LogP contribution in [0.5, 0.6) is 5.88 Å². The van der Waals surface area contributed by atoms with Crippen LogP contribution in [-0.4, -0.2) is 22.0 Å². The van der Waals surface area contributed by atoms with Gasteiger partial charge >= 0.3 is 0 Å². The number of aromatic carboxylic acids is 1. The van der Waals surface area contributed by atoms with Crippen LogP contribution in [-0.2, 0) is 13.0 Å². The minimum absolute atomic E-state index is 0.0448. The number of aromatic nitrogens is 2. The Morgan fingerprint density at radius 3 is 2.75 bits per heavy atom. The maximum atomic E-state index is 13.1. The molecule has 0 saturated heterocycles.